The number of nitrogen functional groups attached to an aromatic ring is 2. The van der Waals surface area contributed by atoms with Crippen molar-refractivity contribution in [2.24, 2.45) is 0 Å². The number of hydrogen-bond acceptors (Lipinski definition) is 3. The first-order valence-electron chi connectivity index (χ1n) is 6.71. The molecule has 0 saturated heterocycles. The van der Waals surface area contributed by atoms with Gasteiger partial charge in [-0.15, -0.1) is 0 Å². The zero-order valence-electron chi connectivity index (χ0n) is 11.5. The topological polar surface area (TPSA) is 52.0 Å². The van der Waals surface area contributed by atoms with Gasteiger partial charge in [-0.05, 0) is 35.9 Å². The monoisotopic (exact) mass is 292 g/mol. The van der Waals surface area contributed by atoms with E-state index in [-0.39, 0.29) is 0 Å². The lowest BCUT2D eigenvalue weighted by Crippen LogP contribution is -1.92. The molecule has 0 fully saturated rings. The highest BCUT2D eigenvalue weighted by Crippen LogP contribution is 2.39. The Morgan fingerprint density at radius 2 is 1.48 bits per heavy atom. The van der Waals surface area contributed by atoms with Crippen molar-refractivity contribution >= 4 is 23.1 Å². The molecule has 3 aromatic carbocycles. The van der Waals surface area contributed by atoms with Gasteiger partial charge < -0.3 is 11.5 Å². The average Bonchev–Trinajstić information content (AvgIpc) is 2.48. The highest BCUT2D eigenvalue weighted by Gasteiger charge is 2.10. The molecule has 0 bridgehead atoms. The Morgan fingerprint density at radius 3 is 2.24 bits per heavy atom. The summed E-state index contributed by atoms with van der Waals surface area (Å²) in [6.45, 7) is 0. The molecule has 0 heterocycles. The fourth-order valence-corrected chi connectivity index (χ4v) is 3.33. The number of benzene rings is 3. The van der Waals surface area contributed by atoms with Gasteiger partial charge in [-0.1, -0.05) is 54.2 Å². The summed E-state index contributed by atoms with van der Waals surface area (Å²) in [5, 5.41) is 0. The molecule has 0 atom stereocenters. The molecule has 0 radical (unpaired) electrons. The maximum atomic E-state index is 6.20. The van der Waals surface area contributed by atoms with Gasteiger partial charge in [0.2, 0.25) is 0 Å². The molecule has 4 N–H and O–H groups in total. The molecule has 0 spiro atoms. The van der Waals surface area contributed by atoms with Crippen LogP contribution < -0.4 is 11.5 Å². The Labute approximate surface area is 128 Å². The van der Waals surface area contributed by atoms with Gasteiger partial charge in [0, 0.05) is 26.7 Å². The minimum atomic E-state index is 0.769. The van der Waals surface area contributed by atoms with E-state index >= 15 is 0 Å². The number of anilines is 2. The van der Waals surface area contributed by atoms with Crippen LogP contribution in [-0.4, -0.2) is 0 Å². The molecule has 0 aliphatic heterocycles. The number of nitrogens with two attached hydrogens (primary N) is 2. The summed E-state index contributed by atoms with van der Waals surface area (Å²) in [4.78, 5) is 2.24. The molecule has 0 saturated carbocycles. The first-order valence-corrected chi connectivity index (χ1v) is 7.53. The third kappa shape index (κ3) is 3.03. The van der Waals surface area contributed by atoms with Crippen LogP contribution in [0.2, 0.25) is 0 Å². The molecule has 3 heteroatoms. The van der Waals surface area contributed by atoms with E-state index in [1.807, 2.05) is 48.5 Å². The predicted octanol–water partition coefficient (Wildman–Crippen LogP) is 4.67. The molecule has 0 aliphatic rings. The lowest BCUT2D eigenvalue weighted by atomic mass is 10.0. The molecule has 0 amide bonds. The van der Waals surface area contributed by atoms with E-state index in [1.54, 1.807) is 11.8 Å². The van der Waals surface area contributed by atoms with Crippen molar-refractivity contribution in [2.45, 2.75) is 9.79 Å². The van der Waals surface area contributed by atoms with Gasteiger partial charge in [0.25, 0.3) is 0 Å². The molecule has 21 heavy (non-hydrogen) atoms. The van der Waals surface area contributed by atoms with Crippen LogP contribution in [0.15, 0.2) is 82.6 Å². The van der Waals surface area contributed by atoms with Crippen molar-refractivity contribution < 1.29 is 0 Å². The highest BCUT2D eigenvalue weighted by atomic mass is 32.2. The van der Waals surface area contributed by atoms with Gasteiger partial charge in [-0.3, -0.25) is 0 Å². The molecular weight excluding hydrogens is 276 g/mol. The Morgan fingerprint density at radius 1 is 0.714 bits per heavy atom. The zero-order chi connectivity index (χ0) is 14.7. The van der Waals surface area contributed by atoms with Gasteiger partial charge in [0.1, 0.15) is 0 Å². The fourth-order valence-electron chi connectivity index (χ4n) is 2.25. The Kier molecular flexibility index (Phi) is 3.84. The summed E-state index contributed by atoms with van der Waals surface area (Å²) in [7, 11) is 0. The minimum Gasteiger partial charge on any atom is -0.399 e. The number of hydrogen-bond donors (Lipinski definition) is 2. The average molecular weight is 292 g/mol. The SMILES string of the molecule is Nc1cccc(Sc2cccc(N)c2-c2ccccc2)c1. The van der Waals surface area contributed by atoms with Crippen molar-refractivity contribution in [3.05, 3.63) is 72.8 Å². The van der Waals surface area contributed by atoms with Gasteiger partial charge in [-0.2, -0.15) is 0 Å². The van der Waals surface area contributed by atoms with Crippen molar-refractivity contribution in [2.75, 3.05) is 11.5 Å². The zero-order valence-corrected chi connectivity index (χ0v) is 12.3. The minimum absolute atomic E-state index is 0.769. The van der Waals surface area contributed by atoms with Gasteiger partial charge in [-0.25, -0.2) is 0 Å². The lowest BCUT2D eigenvalue weighted by Gasteiger charge is -2.12. The second-order valence-corrected chi connectivity index (χ2v) is 5.88. The Bertz CT molecular complexity index is 754. The van der Waals surface area contributed by atoms with Crippen LogP contribution in [0.4, 0.5) is 11.4 Å². The maximum absolute atomic E-state index is 6.20. The smallest absolute Gasteiger partial charge is 0.0405 e. The number of rotatable bonds is 3. The fraction of sp³-hybridized carbons (Fsp3) is 0. The largest absolute Gasteiger partial charge is 0.399 e. The van der Waals surface area contributed by atoms with E-state index in [0.29, 0.717) is 0 Å². The third-order valence-corrected chi connectivity index (χ3v) is 4.26. The normalized spacial score (nSPS) is 10.5. The van der Waals surface area contributed by atoms with Crippen LogP contribution in [0.3, 0.4) is 0 Å². The lowest BCUT2D eigenvalue weighted by molar-refractivity contribution is 1.40. The second kappa shape index (κ2) is 5.94. The molecule has 104 valence electrons. The van der Waals surface area contributed by atoms with Gasteiger partial charge in [0.05, 0.1) is 0 Å². The molecule has 0 unspecified atom stereocenters. The molecule has 3 rings (SSSR count). The van der Waals surface area contributed by atoms with E-state index in [9.17, 15) is 0 Å². The highest BCUT2D eigenvalue weighted by molar-refractivity contribution is 7.99. The first kappa shape index (κ1) is 13.6. The molecule has 3 aromatic rings. The molecule has 2 nitrogen and oxygen atoms in total. The summed E-state index contributed by atoms with van der Waals surface area (Å²) in [6, 6.07) is 24.1. The van der Waals surface area contributed by atoms with Gasteiger partial charge >= 0.3 is 0 Å². The van der Waals surface area contributed by atoms with Crippen LogP contribution >= 0.6 is 11.8 Å². The van der Waals surface area contributed by atoms with Crippen LogP contribution in [0.5, 0.6) is 0 Å². The summed E-state index contributed by atoms with van der Waals surface area (Å²) >= 11 is 1.68. The van der Waals surface area contributed by atoms with E-state index in [1.165, 1.54) is 0 Å². The maximum Gasteiger partial charge on any atom is 0.0405 e. The van der Waals surface area contributed by atoms with Crippen LogP contribution in [0.25, 0.3) is 11.1 Å². The van der Waals surface area contributed by atoms with Crippen molar-refractivity contribution in [1.82, 2.24) is 0 Å². The Balaban J connectivity index is 2.05. The van der Waals surface area contributed by atoms with Crippen LogP contribution in [0, 0.1) is 0 Å². The molecule has 0 aliphatic carbocycles. The summed E-state index contributed by atoms with van der Waals surface area (Å²) in [5.74, 6) is 0. The Hall–Kier alpha value is -2.39. The van der Waals surface area contributed by atoms with E-state index in [4.69, 9.17) is 11.5 Å². The van der Waals surface area contributed by atoms with Crippen LogP contribution in [0.1, 0.15) is 0 Å². The summed E-state index contributed by atoms with van der Waals surface area (Å²) in [5.41, 5.74) is 15.8. The van der Waals surface area contributed by atoms with E-state index in [0.717, 1.165) is 32.3 Å². The first-order chi connectivity index (χ1) is 10.2. The quantitative estimate of drug-likeness (QED) is 0.690. The summed E-state index contributed by atoms with van der Waals surface area (Å²) < 4.78 is 0. The van der Waals surface area contributed by atoms with Crippen molar-refractivity contribution in [3.63, 3.8) is 0 Å². The van der Waals surface area contributed by atoms with E-state index < -0.39 is 0 Å². The standard InChI is InChI=1S/C18H16N2S/c19-14-8-4-9-15(12-14)21-17-11-5-10-16(20)18(17)13-6-2-1-3-7-13/h1-12H,19-20H2. The van der Waals surface area contributed by atoms with Crippen molar-refractivity contribution in [3.8, 4) is 11.1 Å². The van der Waals surface area contributed by atoms with Crippen molar-refractivity contribution in [1.29, 1.82) is 0 Å². The van der Waals surface area contributed by atoms with E-state index in [2.05, 4.69) is 24.3 Å². The second-order valence-electron chi connectivity index (χ2n) is 4.76. The molecular formula is C18H16N2S. The molecule has 0 aromatic heterocycles. The predicted molar refractivity (Wildman–Crippen MR) is 91.3 cm³/mol. The third-order valence-electron chi connectivity index (χ3n) is 3.21. The van der Waals surface area contributed by atoms with Gasteiger partial charge in [0.15, 0.2) is 0 Å². The van der Waals surface area contributed by atoms with Crippen LogP contribution in [-0.2, 0) is 0 Å². The summed E-state index contributed by atoms with van der Waals surface area (Å²) in [6.07, 6.45) is 0.